The van der Waals surface area contributed by atoms with Crippen LogP contribution in [0, 0.1) is 0 Å². The zero-order valence-electron chi connectivity index (χ0n) is 7.18. The lowest BCUT2D eigenvalue weighted by Crippen LogP contribution is -1.77. The normalized spacial score (nSPS) is 10.4. The summed E-state index contributed by atoms with van der Waals surface area (Å²) in [5.41, 5.74) is 0. The van der Waals surface area contributed by atoms with Gasteiger partial charge in [0.2, 0.25) is 4.73 Å². The molecule has 0 spiro atoms. The van der Waals surface area contributed by atoms with Crippen molar-refractivity contribution in [3.05, 3.63) is 40.1 Å². The molecule has 0 aliphatic rings. The summed E-state index contributed by atoms with van der Waals surface area (Å²) in [4.78, 5) is 5.49. The van der Waals surface area contributed by atoms with Gasteiger partial charge in [-0.15, -0.1) is 11.8 Å². The molecule has 72 valence electrons. The van der Waals surface area contributed by atoms with Crippen LogP contribution in [-0.4, -0.2) is 9.36 Å². The maximum absolute atomic E-state index is 4.23. The summed E-state index contributed by atoms with van der Waals surface area (Å²) in [7, 11) is 0. The van der Waals surface area contributed by atoms with Crippen LogP contribution in [0.4, 0.5) is 0 Å². The van der Waals surface area contributed by atoms with Gasteiger partial charge in [-0.2, -0.15) is 4.37 Å². The van der Waals surface area contributed by atoms with Gasteiger partial charge in [0.25, 0.3) is 0 Å². The van der Waals surface area contributed by atoms with Crippen LogP contribution in [-0.2, 0) is 5.75 Å². The Morgan fingerprint density at radius 3 is 2.71 bits per heavy atom. The summed E-state index contributed by atoms with van der Waals surface area (Å²) in [6, 6.07) is 10.3. The van der Waals surface area contributed by atoms with Crippen molar-refractivity contribution < 1.29 is 0 Å². The average Bonchev–Trinajstić information content (AvgIpc) is 2.63. The summed E-state index contributed by atoms with van der Waals surface area (Å²) < 4.78 is 4.75. The molecule has 14 heavy (non-hydrogen) atoms. The van der Waals surface area contributed by atoms with E-state index in [9.17, 15) is 0 Å². The molecule has 0 fully saturated rings. The quantitative estimate of drug-likeness (QED) is 0.807. The number of hydrogen-bond donors (Lipinski definition) is 0. The molecule has 2 nitrogen and oxygen atoms in total. The van der Waals surface area contributed by atoms with Crippen LogP contribution in [0.2, 0.25) is 0 Å². The molecule has 1 aromatic carbocycles. The number of aromatic nitrogens is 2. The van der Waals surface area contributed by atoms with Crippen molar-refractivity contribution in [2.24, 2.45) is 0 Å². The van der Waals surface area contributed by atoms with Crippen molar-refractivity contribution in [2.45, 2.75) is 10.6 Å². The highest BCUT2D eigenvalue weighted by atomic mass is 79.9. The van der Waals surface area contributed by atoms with Crippen LogP contribution < -0.4 is 0 Å². The Kier molecular flexibility index (Phi) is 3.55. The van der Waals surface area contributed by atoms with Gasteiger partial charge in [0.15, 0.2) is 0 Å². The highest BCUT2D eigenvalue weighted by molar-refractivity contribution is 9.10. The summed E-state index contributed by atoms with van der Waals surface area (Å²) in [5.74, 6) is 0.882. The van der Waals surface area contributed by atoms with Crippen LogP contribution in [0.1, 0.15) is 5.01 Å². The second kappa shape index (κ2) is 4.91. The van der Waals surface area contributed by atoms with Gasteiger partial charge in [-0.25, -0.2) is 4.98 Å². The summed E-state index contributed by atoms with van der Waals surface area (Å²) in [5, 5.41) is 1.05. The lowest BCUT2D eigenvalue weighted by Gasteiger charge is -1.96. The molecule has 1 aromatic heterocycles. The van der Waals surface area contributed by atoms with E-state index in [2.05, 4.69) is 37.4 Å². The van der Waals surface area contributed by atoms with Gasteiger partial charge in [0.05, 0.1) is 5.75 Å². The second-order valence-corrected chi connectivity index (χ2v) is 5.15. The van der Waals surface area contributed by atoms with Gasteiger partial charge in [0.1, 0.15) is 5.01 Å². The van der Waals surface area contributed by atoms with E-state index in [1.165, 1.54) is 16.4 Å². The summed E-state index contributed by atoms with van der Waals surface area (Å²) in [6.07, 6.45) is 0. The second-order valence-electron chi connectivity index (χ2n) is 2.56. The first-order chi connectivity index (χ1) is 6.84. The van der Waals surface area contributed by atoms with E-state index in [-0.39, 0.29) is 0 Å². The zero-order valence-corrected chi connectivity index (χ0v) is 10.4. The molecule has 0 bridgehead atoms. The fourth-order valence-electron chi connectivity index (χ4n) is 0.954. The Morgan fingerprint density at radius 2 is 2.07 bits per heavy atom. The standard InChI is InChI=1S/C9H7BrN2S2/c10-9-11-8(14-12-9)6-13-7-4-2-1-3-5-7/h1-5H,6H2. The number of thioether (sulfide) groups is 1. The minimum atomic E-state index is 0.686. The Morgan fingerprint density at radius 1 is 1.29 bits per heavy atom. The number of hydrogen-bond acceptors (Lipinski definition) is 4. The molecule has 0 unspecified atom stereocenters. The first-order valence-electron chi connectivity index (χ1n) is 4.00. The number of halogens is 1. The zero-order chi connectivity index (χ0) is 9.80. The largest absolute Gasteiger partial charge is 0.213 e. The van der Waals surface area contributed by atoms with Crippen molar-refractivity contribution >= 4 is 39.2 Å². The van der Waals surface area contributed by atoms with Gasteiger partial charge in [0, 0.05) is 4.90 Å². The Labute approximate surface area is 99.1 Å². The summed E-state index contributed by atoms with van der Waals surface area (Å²) in [6.45, 7) is 0. The van der Waals surface area contributed by atoms with E-state index in [0.29, 0.717) is 4.73 Å². The van der Waals surface area contributed by atoms with E-state index >= 15 is 0 Å². The third-order valence-electron chi connectivity index (χ3n) is 1.55. The van der Waals surface area contributed by atoms with Crippen LogP contribution in [0.15, 0.2) is 40.0 Å². The van der Waals surface area contributed by atoms with Crippen molar-refractivity contribution in [3.8, 4) is 0 Å². The topological polar surface area (TPSA) is 25.8 Å². The molecule has 0 N–H and O–H groups in total. The van der Waals surface area contributed by atoms with E-state index in [1.54, 1.807) is 11.8 Å². The number of rotatable bonds is 3. The van der Waals surface area contributed by atoms with Crippen LogP contribution >= 0.6 is 39.2 Å². The predicted octanol–water partition coefficient (Wildman–Crippen LogP) is 3.59. The molecule has 0 saturated heterocycles. The third kappa shape index (κ3) is 2.80. The SMILES string of the molecule is Brc1nsc(CSc2ccccc2)n1. The van der Waals surface area contributed by atoms with E-state index < -0.39 is 0 Å². The molecule has 0 atom stereocenters. The van der Waals surface area contributed by atoms with Crippen molar-refractivity contribution in [1.82, 2.24) is 9.36 Å². The maximum atomic E-state index is 4.23. The van der Waals surface area contributed by atoms with Gasteiger partial charge >= 0.3 is 0 Å². The van der Waals surface area contributed by atoms with Crippen LogP contribution in [0.3, 0.4) is 0 Å². The minimum Gasteiger partial charge on any atom is -0.213 e. The van der Waals surface area contributed by atoms with Crippen LogP contribution in [0.5, 0.6) is 0 Å². The lowest BCUT2D eigenvalue weighted by molar-refractivity contribution is 1.18. The molecule has 0 aliphatic carbocycles. The number of nitrogens with zero attached hydrogens (tertiary/aromatic N) is 2. The van der Waals surface area contributed by atoms with Gasteiger partial charge in [-0.3, -0.25) is 0 Å². The Balaban J connectivity index is 1.95. The first kappa shape index (κ1) is 10.1. The number of benzene rings is 1. The van der Waals surface area contributed by atoms with Gasteiger partial charge in [-0.05, 0) is 39.6 Å². The summed E-state index contributed by atoms with van der Waals surface area (Å²) >= 11 is 6.45. The molecular weight excluding hydrogens is 280 g/mol. The monoisotopic (exact) mass is 286 g/mol. The van der Waals surface area contributed by atoms with Gasteiger partial charge in [-0.1, -0.05) is 18.2 Å². The van der Waals surface area contributed by atoms with E-state index in [0.717, 1.165) is 10.8 Å². The molecule has 5 heteroatoms. The van der Waals surface area contributed by atoms with Crippen molar-refractivity contribution in [2.75, 3.05) is 0 Å². The Hall–Kier alpha value is -0.390. The first-order valence-corrected chi connectivity index (χ1v) is 6.56. The minimum absolute atomic E-state index is 0.686. The lowest BCUT2D eigenvalue weighted by atomic mass is 10.4. The highest BCUT2D eigenvalue weighted by Gasteiger charge is 2.01. The smallest absolute Gasteiger partial charge is 0.209 e. The van der Waals surface area contributed by atoms with Crippen LogP contribution in [0.25, 0.3) is 0 Å². The van der Waals surface area contributed by atoms with Crippen molar-refractivity contribution in [1.29, 1.82) is 0 Å². The predicted molar refractivity (Wildman–Crippen MR) is 63.6 cm³/mol. The fourth-order valence-corrected chi connectivity index (χ4v) is 2.94. The highest BCUT2D eigenvalue weighted by Crippen LogP contribution is 2.23. The van der Waals surface area contributed by atoms with Gasteiger partial charge < -0.3 is 0 Å². The molecule has 1 heterocycles. The molecule has 0 aliphatic heterocycles. The van der Waals surface area contributed by atoms with E-state index in [1.807, 2.05) is 18.2 Å². The third-order valence-corrected chi connectivity index (χ3v) is 4.05. The van der Waals surface area contributed by atoms with E-state index in [4.69, 9.17) is 0 Å². The Bertz CT molecular complexity index is 402. The molecule has 0 saturated carbocycles. The van der Waals surface area contributed by atoms with Crippen molar-refractivity contribution in [3.63, 3.8) is 0 Å². The fraction of sp³-hybridized carbons (Fsp3) is 0.111. The molecule has 0 amide bonds. The average molecular weight is 287 g/mol. The molecule has 2 rings (SSSR count). The molecule has 0 radical (unpaired) electrons. The molecule has 2 aromatic rings. The maximum Gasteiger partial charge on any atom is 0.209 e. The molecular formula is C9H7BrN2S2.